The van der Waals surface area contributed by atoms with E-state index in [4.69, 9.17) is 12.2 Å². The summed E-state index contributed by atoms with van der Waals surface area (Å²) >= 11 is 5.20. The Morgan fingerprint density at radius 2 is 2.13 bits per heavy atom. The van der Waals surface area contributed by atoms with Gasteiger partial charge in [0.2, 0.25) is 0 Å². The minimum absolute atomic E-state index is 0.0403. The predicted molar refractivity (Wildman–Crippen MR) is 84.8 cm³/mol. The predicted octanol–water partition coefficient (Wildman–Crippen LogP) is 2.16. The number of aromatic amines is 1. The average Bonchev–Trinajstić information content (AvgIpc) is 3.31. The van der Waals surface area contributed by atoms with Crippen molar-refractivity contribution in [3.8, 4) is 0 Å². The first-order valence-electron chi connectivity index (χ1n) is 7.24. The monoisotopic (exact) mass is 333 g/mol. The van der Waals surface area contributed by atoms with E-state index in [0.717, 1.165) is 18.7 Å². The third-order valence-electron chi connectivity index (χ3n) is 3.66. The van der Waals surface area contributed by atoms with Crippen molar-refractivity contribution in [1.29, 1.82) is 0 Å². The number of aromatic nitrogens is 3. The van der Waals surface area contributed by atoms with Crippen LogP contribution in [0.4, 0.5) is 5.69 Å². The number of H-pyrrole nitrogens is 1. The Balaban J connectivity index is 1.57. The van der Waals surface area contributed by atoms with Crippen molar-refractivity contribution in [3.63, 3.8) is 0 Å². The summed E-state index contributed by atoms with van der Waals surface area (Å²) in [4.78, 5) is 22.1. The topological polar surface area (TPSA) is 106 Å². The number of hydrogen-bond donors (Lipinski definition) is 2. The number of benzene rings is 1. The molecule has 1 aliphatic rings. The van der Waals surface area contributed by atoms with Crippen molar-refractivity contribution < 1.29 is 9.72 Å². The fourth-order valence-electron chi connectivity index (χ4n) is 2.35. The lowest BCUT2D eigenvalue weighted by Crippen LogP contribution is -2.26. The van der Waals surface area contributed by atoms with Gasteiger partial charge < -0.3 is 9.88 Å². The molecule has 1 aromatic heterocycles. The Bertz CT molecular complexity index is 791. The van der Waals surface area contributed by atoms with Crippen LogP contribution in [-0.2, 0) is 6.42 Å². The standard InChI is InChI=1S/C14H15N5O3S/c20-13(9-1-3-11(4-2-9)19(21)22)15-8-7-12-16-17-14(23)18(12)10-5-6-10/h1-4,10H,5-8H2,(H,15,20)(H,17,23). The largest absolute Gasteiger partial charge is 0.352 e. The molecular formula is C14H15N5O3S. The molecular weight excluding hydrogens is 318 g/mol. The molecule has 1 aromatic carbocycles. The van der Waals surface area contributed by atoms with Crippen molar-refractivity contribution >= 4 is 23.8 Å². The van der Waals surface area contributed by atoms with Gasteiger partial charge in [-0.05, 0) is 37.2 Å². The second-order valence-corrected chi connectivity index (χ2v) is 5.74. The lowest BCUT2D eigenvalue weighted by molar-refractivity contribution is -0.384. The summed E-state index contributed by atoms with van der Waals surface area (Å²) in [5.41, 5.74) is 0.346. The van der Waals surface area contributed by atoms with Crippen LogP contribution in [0.1, 0.15) is 35.1 Å². The molecule has 8 nitrogen and oxygen atoms in total. The van der Waals surface area contributed by atoms with Gasteiger partial charge in [0.15, 0.2) is 4.77 Å². The molecule has 3 rings (SSSR count). The Morgan fingerprint density at radius 1 is 1.43 bits per heavy atom. The van der Waals surface area contributed by atoms with Crippen LogP contribution in [-0.4, -0.2) is 32.1 Å². The van der Waals surface area contributed by atoms with Crippen molar-refractivity contribution in [3.05, 3.63) is 50.5 Å². The molecule has 1 amide bonds. The van der Waals surface area contributed by atoms with Crippen LogP contribution < -0.4 is 5.32 Å². The molecule has 1 heterocycles. The van der Waals surface area contributed by atoms with Gasteiger partial charge in [0.1, 0.15) is 5.82 Å². The van der Waals surface area contributed by atoms with Crippen molar-refractivity contribution in [1.82, 2.24) is 20.1 Å². The molecule has 120 valence electrons. The molecule has 2 N–H and O–H groups in total. The highest BCUT2D eigenvalue weighted by Crippen LogP contribution is 2.35. The fraction of sp³-hybridized carbons (Fsp3) is 0.357. The Labute approximate surface area is 136 Å². The van der Waals surface area contributed by atoms with E-state index in [1.165, 1.54) is 24.3 Å². The zero-order valence-corrected chi connectivity index (χ0v) is 13.0. The minimum atomic E-state index is -0.498. The number of nitrogens with zero attached hydrogens (tertiary/aromatic N) is 3. The molecule has 0 spiro atoms. The van der Waals surface area contributed by atoms with Gasteiger partial charge in [-0.1, -0.05) is 0 Å². The van der Waals surface area contributed by atoms with Crippen molar-refractivity contribution in [2.45, 2.75) is 25.3 Å². The lowest BCUT2D eigenvalue weighted by Gasteiger charge is -2.06. The maximum Gasteiger partial charge on any atom is 0.269 e. The van der Waals surface area contributed by atoms with E-state index in [1.54, 1.807) is 0 Å². The SMILES string of the molecule is O=C(NCCc1n[nH]c(=S)n1C1CC1)c1ccc([N+](=O)[O-])cc1. The van der Waals surface area contributed by atoms with E-state index in [1.807, 2.05) is 4.57 Å². The number of amides is 1. The molecule has 2 aromatic rings. The zero-order valence-electron chi connectivity index (χ0n) is 12.2. The number of hydrogen-bond acceptors (Lipinski definition) is 5. The number of nitrogens with one attached hydrogen (secondary N) is 2. The lowest BCUT2D eigenvalue weighted by atomic mass is 10.2. The summed E-state index contributed by atoms with van der Waals surface area (Å²) in [7, 11) is 0. The average molecular weight is 333 g/mol. The number of nitro benzene ring substituents is 1. The summed E-state index contributed by atoms with van der Waals surface area (Å²) < 4.78 is 2.62. The number of carbonyl (C=O) groups excluding carboxylic acids is 1. The van der Waals surface area contributed by atoms with Crippen LogP contribution in [0.5, 0.6) is 0 Å². The van der Waals surface area contributed by atoms with E-state index < -0.39 is 4.92 Å². The van der Waals surface area contributed by atoms with Crippen LogP contribution in [0.25, 0.3) is 0 Å². The second kappa shape index (κ2) is 6.29. The number of nitro groups is 1. The van der Waals surface area contributed by atoms with Gasteiger partial charge >= 0.3 is 0 Å². The first-order valence-corrected chi connectivity index (χ1v) is 7.65. The Kier molecular flexibility index (Phi) is 4.20. The second-order valence-electron chi connectivity index (χ2n) is 5.36. The van der Waals surface area contributed by atoms with Crippen molar-refractivity contribution in [2.75, 3.05) is 6.54 Å². The normalized spacial score (nSPS) is 13.7. The minimum Gasteiger partial charge on any atom is -0.352 e. The first-order chi connectivity index (χ1) is 11.1. The number of carbonyl (C=O) groups is 1. The number of rotatable bonds is 6. The molecule has 0 saturated heterocycles. The van der Waals surface area contributed by atoms with Gasteiger partial charge in [-0.25, -0.2) is 0 Å². The van der Waals surface area contributed by atoms with Gasteiger partial charge in [-0.2, -0.15) is 5.10 Å². The number of non-ortho nitro benzene ring substituents is 1. The summed E-state index contributed by atoms with van der Waals surface area (Å²) in [6, 6.07) is 5.93. The smallest absolute Gasteiger partial charge is 0.269 e. The van der Waals surface area contributed by atoms with E-state index in [2.05, 4.69) is 15.5 Å². The van der Waals surface area contributed by atoms with E-state index in [0.29, 0.717) is 29.3 Å². The molecule has 9 heteroatoms. The third kappa shape index (κ3) is 3.45. The van der Waals surface area contributed by atoms with Crippen molar-refractivity contribution in [2.24, 2.45) is 0 Å². The summed E-state index contributed by atoms with van der Waals surface area (Å²) in [6.45, 7) is 0.419. The van der Waals surface area contributed by atoms with Gasteiger partial charge in [-0.15, -0.1) is 0 Å². The quantitative estimate of drug-likeness (QED) is 0.479. The summed E-state index contributed by atoms with van der Waals surface area (Å²) in [5.74, 6) is 0.563. The maximum absolute atomic E-state index is 12.0. The van der Waals surface area contributed by atoms with Crippen LogP contribution in [0.15, 0.2) is 24.3 Å². The fourth-order valence-corrected chi connectivity index (χ4v) is 2.65. The molecule has 1 saturated carbocycles. The molecule has 0 unspecified atom stereocenters. The third-order valence-corrected chi connectivity index (χ3v) is 3.95. The highest BCUT2D eigenvalue weighted by Gasteiger charge is 2.26. The van der Waals surface area contributed by atoms with Gasteiger partial charge in [0, 0.05) is 36.7 Å². The van der Waals surface area contributed by atoms with Gasteiger partial charge in [0.25, 0.3) is 11.6 Å². The molecule has 1 fully saturated rings. The van der Waals surface area contributed by atoms with Crippen LogP contribution in [0.3, 0.4) is 0 Å². The summed E-state index contributed by atoms with van der Waals surface area (Å²) in [5, 5.41) is 20.4. The van der Waals surface area contributed by atoms with E-state index in [9.17, 15) is 14.9 Å². The maximum atomic E-state index is 12.0. The molecule has 0 atom stereocenters. The van der Waals surface area contributed by atoms with Crippen LogP contribution in [0.2, 0.25) is 0 Å². The Morgan fingerprint density at radius 3 is 2.74 bits per heavy atom. The molecule has 0 radical (unpaired) electrons. The van der Waals surface area contributed by atoms with Gasteiger partial charge in [0.05, 0.1) is 4.92 Å². The molecule has 1 aliphatic carbocycles. The van der Waals surface area contributed by atoms with E-state index >= 15 is 0 Å². The van der Waals surface area contributed by atoms with Crippen LogP contribution in [0, 0.1) is 14.9 Å². The first kappa shape index (κ1) is 15.3. The van der Waals surface area contributed by atoms with Crippen LogP contribution >= 0.6 is 12.2 Å². The molecule has 23 heavy (non-hydrogen) atoms. The highest BCUT2D eigenvalue weighted by molar-refractivity contribution is 7.71. The van der Waals surface area contributed by atoms with E-state index in [-0.39, 0.29) is 11.6 Å². The van der Waals surface area contributed by atoms with Gasteiger partial charge in [-0.3, -0.25) is 20.0 Å². The molecule has 0 aliphatic heterocycles. The molecule has 0 bridgehead atoms. The Hall–Kier alpha value is -2.55. The zero-order chi connectivity index (χ0) is 16.4. The highest BCUT2D eigenvalue weighted by atomic mass is 32.1. The summed E-state index contributed by atoms with van der Waals surface area (Å²) in [6.07, 6.45) is 2.79.